The average Bonchev–Trinajstić information content (AvgIpc) is 3.02. The summed E-state index contributed by atoms with van der Waals surface area (Å²) in [6.45, 7) is 15.4. The van der Waals surface area contributed by atoms with Gasteiger partial charge in [-0.3, -0.25) is 20.4 Å². The van der Waals surface area contributed by atoms with Crippen LogP contribution in [-0.2, 0) is 9.47 Å². The molecule has 2 N–H and O–H groups in total. The SMILES string of the molecule is CCCCCCN(CCCCCC)CCOC(=O)Nc1ccc(NC(=O)OCCN(CCCCCC)CCCCCC)cc1. The monoisotopic (exact) mass is 619 g/mol. The van der Waals surface area contributed by atoms with Gasteiger partial charge in [0.05, 0.1) is 0 Å². The Balaban J connectivity index is 2.38. The Morgan fingerprint density at radius 3 is 1.05 bits per heavy atom. The number of unbranched alkanes of at least 4 members (excludes halogenated alkanes) is 12. The summed E-state index contributed by atoms with van der Waals surface area (Å²) < 4.78 is 11.0. The Hall–Kier alpha value is -2.32. The van der Waals surface area contributed by atoms with Crippen molar-refractivity contribution in [3.8, 4) is 0 Å². The largest absolute Gasteiger partial charge is 0.448 e. The smallest absolute Gasteiger partial charge is 0.411 e. The van der Waals surface area contributed by atoms with Gasteiger partial charge in [0, 0.05) is 24.5 Å². The van der Waals surface area contributed by atoms with Gasteiger partial charge in [-0.1, -0.05) is 105 Å². The lowest BCUT2D eigenvalue weighted by Crippen LogP contribution is -2.31. The van der Waals surface area contributed by atoms with Gasteiger partial charge in [-0.15, -0.1) is 0 Å². The maximum atomic E-state index is 12.4. The highest BCUT2D eigenvalue weighted by atomic mass is 16.6. The van der Waals surface area contributed by atoms with Crippen molar-refractivity contribution in [3.05, 3.63) is 24.3 Å². The molecule has 0 aromatic heterocycles. The fourth-order valence-electron chi connectivity index (χ4n) is 5.20. The Bertz CT molecular complexity index is 730. The number of nitrogens with zero attached hydrogens (tertiary/aromatic N) is 2. The highest BCUT2D eigenvalue weighted by Gasteiger charge is 2.10. The molecule has 2 amide bonds. The zero-order valence-electron chi connectivity index (χ0n) is 28.8. The summed E-state index contributed by atoms with van der Waals surface area (Å²) in [5.41, 5.74) is 1.23. The number of rotatable bonds is 28. The second-order valence-electron chi connectivity index (χ2n) is 12.0. The number of benzene rings is 1. The van der Waals surface area contributed by atoms with Gasteiger partial charge in [-0.25, -0.2) is 9.59 Å². The third kappa shape index (κ3) is 22.2. The number of amides is 2. The minimum absolute atomic E-state index is 0.369. The fourth-order valence-corrected chi connectivity index (χ4v) is 5.20. The van der Waals surface area contributed by atoms with Crippen molar-refractivity contribution in [1.29, 1.82) is 0 Å². The molecule has 0 aliphatic carbocycles. The predicted octanol–water partition coefficient (Wildman–Crippen LogP) is 9.71. The van der Waals surface area contributed by atoms with Crippen molar-refractivity contribution in [1.82, 2.24) is 9.80 Å². The van der Waals surface area contributed by atoms with Gasteiger partial charge in [0.1, 0.15) is 13.2 Å². The van der Waals surface area contributed by atoms with E-state index in [0.29, 0.717) is 24.6 Å². The maximum Gasteiger partial charge on any atom is 0.411 e. The molecule has 0 unspecified atom stereocenters. The quantitative estimate of drug-likeness (QED) is 0.0910. The van der Waals surface area contributed by atoms with Gasteiger partial charge in [-0.2, -0.15) is 0 Å². The molecule has 0 bridgehead atoms. The highest BCUT2D eigenvalue weighted by molar-refractivity contribution is 5.87. The van der Waals surface area contributed by atoms with Crippen LogP contribution in [0, 0.1) is 0 Å². The van der Waals surface area contributed by atoms with Crippen LogP contribution in [0.1, 0.15) is 130 Å². The Kier molecular flexibility index (Phi) is 25.4. The lowest BCUT2D eigenvalue weighted by atomic mass is 10.1. The van der Waals surface area contributed by atoms with Crippen molar-refractivity contribution in [2.75, 3.05) is 63.1 Å². The molecule has 0 fully saturated rings. The molecule has 0 spiro atoms. The molecular formula is C36H66N4O4. The van der Waals surface area contributed by atoms with E-state index in [1.54, 1.807) is 24.3 Å². The van der Waals surface area contributed by atoms with Crippen molar-refractivity contribution >= 4 is 23.6 Å². The lowest BCUT2D eigenvalue weighted by Gasteiger charge is -2.22. The molecule has 1 aromatic rings. The number of ether oxygens (including phenoxy) is 2. The second-order valence-corrected chi connectivity index (χ2v) is 12.0. The van der Waals surface area contributed by atoms with E-state index >= 15 is 0 Å². The molecule has 1 rings (SSSR count). The fraction of sp³-hybridized carbons (Fsp3) is 0.778. The van der Waals surface area contributed by atoms with Crippen LogP contribution in [-0.4, -0.2) is 74.5 Å². The van der Waals surface area contributed by atoms with Crippen molar-refractivity contribution in [3.63, 3.8) is 0 Å². The first-order valence-electron chi connectivity index (χ1n) is 17.9. The van der Waals surface area contributed by atoms with Crippen LogP contribution >= 0.6 is 0 Å². The van der Waals surface area contributed by atoms with Gasteiger partial charge in [-0.05, 0) is 76.1 Å². The van der Waals surface area contributed by atoms with E-state index in [0.717, 1.165) is 39.3 Å². The summed E-state index contributed by atoms with van der Waals surface area (Å²) in [7, 11) is 0. The van der Waals surface area contributed by atoms with Gasteiger partial charge in [0.25, 0.3) is 0 Å². The minimum atomic E-state index is -0.462. The molecule has 44 heavy (non-hydrogen) atoms. The summed E-state index contributed by atoms with van der Waals surface area (Å²) >= 11 is 0. The zero-order valence-corrected chi connectivity index (χ0v) is 28.8. The van der Waals surface area contributed by atoms with Crippen LogP contribution in [0.15, 0.2) is 24.3 Å². The van der Waals surface area contributed by atoms with Crippen LogP contribution in [0.25, 0.3) is 0 Å². The third-order valence-electron chi connectivity index (χ3n) is 7.97. The Morgan fingerprint density at radius 1 is 0.477 bits per heavy atom. The summed E-state index contributed by atoms with van der Waals surface area (Å²) in [4.78, 5) is 29.6. The summed E-state index contributed by atoms with van der Waals surface area (Å²) in [6, 6.07) is 7.00. The molecule has 254 valence electrons. The van der Waals surface area contributed by atoms with Gasteiger partial charge < -0.3 is 9.47 Å². The summed E-state index contributed by atoms with van der Waals surface area (Å²) in [5, 5.41) is 5.57. The molecule has 0 heterocycles. The maximum absolute atomic E-state index is 12.4. The Labute approximate surface area is 270 Å². The number of hydrogen-bond acceptors (Lipinski definition) is 6. The van der Waals surface area contributed by atoms with E-state index in [1.807, 2.05) is 0 Å². The third-order valence-corrected chi connectivity index (χ3v) is 7.97. The van der Waals surface area contributed by atoms with Gasteiger partial charge in [0.2, 0.25) is 0 Å². The molecule has 0 aliphatic heterocycles. The first-order chi connectivity index (χ1) is 21.5. The minimum Gasteiger partial charge on any atom is -0.448 e. The predicted molar refractivity (Wildman–Crippen MR) is 186 cm³/mol. The zero-order chi connectivity index (χ0) is 32.1. The van der Waals surface area contributed by atoms with Crippen LogP contribution in [0.3, 0.4) is 0 Å². The summed E-state index contributed by atoms with van der Waals surface area (Å²) in [5.74, 6) is 0. The van der Waals surface area contributed by atoms with Gasteiger partial charge in [0.15, 0.2) is 0 Å². The van der Waals surface area contributed by atoms with E-state index in [4.69, 9.17) is 9.47 Å². The number of anilines is 2. The van der Waals surface area contributed by atoms with Gasteiger partial charge >= 0.3 is 12.2 Å². The first-order valence-corrected chi connectivity index (χ1v) is 17.9. The topological polar surface area (TPSA) is 83.1 Å². The molecule has 0 atom stereocenters. The second kappa shape index (κ2) is 28.2. The van der Waals surface area contributed by atoms with E-state index < -0.39 is 12.2 Å². The molecule has 0 saturated carbocycles. The van der Waals surface area contributed by atoms with Crippen LogP contribution in [0.4, 0.5) is 21.0 Å². The van der Waals surface area contributed by atoms with Crippen LogP contribution in [0.5, 0.6) is 0 Å². The van der Waals surface area contributed by atoms with E-state index in [2.05, 4.69) is 48.1 Å². The summed E-state index contributed by atoms with van der Waals surface area (Å²) in [6.07, 6.45) is 18.9. The molecule has 0 aliphatic rings. The molecule has 1 aromatic carbocycles. The average molecular weight is 619 g/mol. The molecule has 8 nitrogen and oxygen atoms in total. The van der Waals surface area contributed by atoms with Crippen LogP contribution < -0.4 is 10.6 Å². The number of hydrogen-bond donors (Lipinski definition) is 2. The molecule has 8 heteroatoms. The normalized spacial score (nSPS) is 11.2. The number of nitrogens with one attached hydrogen (secondary N) is 2. The highest BCUT2D eigenvalue weighted by Crippen LogP contribution is 2.14. The van der Waals surface area contributed by atoms with Crippen molar-refractivity contribution < 1.29 is 19.1 Å². The Morgan fingerprint density at radius 2 is 0.773 bits per heavy atom. The standard InChI is InChI=1S/C36H66N4O4/c1-5-9-13-17-25-39(26-18-14-10-6-2)29-31-43-35(41)37-33-21-23-34(24-22-33)38-36(42)44-32-30-40(27-19-15-11-7-3)28-20-16-12-8-4/h21-24H,5-20,25-32H2,1-4H3,(H,37,41)(H,38,42). The van der Waals surface area contributed by atoms with Crippen LogP contribution in [0.2, 0.25) is 0 Å². The molecular weight excluding hydrogens is 552 g/mol. The van der Waals surface area contributed by atoms with E-state index in [9.17, 15) is 9.59 Å². The first kappa shape index (κ1) is 39.7. The number of carbonyl (C=O) groups excluding carboxylic acids is 2. The molecule has 0 radical (unpaired) electrons. The van der Waals surface area contributed by atoms with E-state index in [-0.39, 0.29) is 0 Å². The van der Waals surface area contributed by atoms with Crippen molar-refractivity contribution in [2.45, 2.75) is 130 Å². The lowest BCUT2D eigenvalue weighted by molar-refractivity contribution is 0.137. The molecule has 0 saturated heterocycles. The van der Waals surface area contributed by atoms with E-state index in [1.165, 1.54) is 103 Å². The van der Waals surface area contributed by atoms with Crippen molar-refractivity contribution in [2.24, 2.45) is 0 Å². The number of carbonyl (C=O) groups is 2.